The van der Waals surface area contributed by atoms with E-state index >= 15 is 0 Å². The SMILES string of the molecule is OCC1(NC2CCCCC2)CCCCCCCCCCC1. The highest BCUT2D eigenvalue weighted by molar-refractivity contribution is 4.91. The molecule has 0 aliphatic heterocycles. The molecule has 0 radical (unpaired) electrons. The van der Waals surface area contributed by atoms with Crippen LogP contribution in [0.15, 0.2) is 0 Å². The lowest BCUT2D eigenvalue weighted by Gasteiger charge is -2.39. The number of aliphatic hydroxyl groups excluding tert-OH is 1. The van der Waals surface area contributed by atoms with E-state index in [1.54, 1.807) is 0 Å². The van der Waals surface area contributed by atoms with E-state index in [9.17, 15) is 5.11 Å². The van der Waals surface area contributed by atoms with Crippen molar-refractivity contribution in [1.29, 1.82) is 0 Å². The van der Waals surface area contributed by atoms with E-state index in [4.69, 9.17) is 0 Å². The third-order valence-electron chi connectivity index (χ3n) is 5.73. The van der Waals surface area contributed by atoms with Crippen LogP contribution in [0.25, 0.3) is 0 Å². The van der Waals surface area contributed by atoms with Crippen molar-refractivity contribution in [2.24, 2.45) is 0 Å². The molecule has 2 fully saturated rings. The first-order chi connectivity index (χ1) is 10.3. The molecule has 0 saturated heterocycles. The molecule has 0 aromatic heterocycles. The van der Waals surface area contributed by atoms with Gasteiger partial charge in [-0.25, -0.2) is 0 Å². The Hall–Kier alpha value is -0.0800. The number of hydrogen-bond donors (Lipinski definition) is 2. The Balaban J connectivity index is 1.89. The molecule has 2 heteroatoms. The van der Waals surface area contributed by atoms with Gasteiger partial charge in [0.25, 0.3) is 0 Å². The van der Waals surface area contributed by atoms with Crippen molar-refractivity contribution >= 4 is 0 Å². The molecule has 2 nitrogen and oxygen atoms in total. The third-order valence-corrected chi connectivity index (χ3v) is 5.73. The molecule has 2 aliphatic rings. The molecule has 2 aliphatic carbocycles. The molecule has 0 bridgehead atoms. The van der Waals surface area contributed by atoms with E-state index in [0.29, 0.717) is 12.6 Å². The van der Waals surface area contributed by atoms with Crippen molar-refractivity contribution in [2.75, 3.05) is 6.61 Å². The molecule has 0 aromatic carbocycles. The maximum absolute atomic E-state index is 10.1. The Bertz CT molecular complexity index is 248. The van der Waals surface area contributed by atoms with E-state index in [1.807, 2.05) is 0 Å². The van der Waals surface area contributed by atoms with E-state index in [2.05, 4.69) is 5.32 Å². The van der Waals surface area contributed by atoms with Gasteiger partial charge >= 0.3 is 0 Å². The van der Waals surface area contributed by atoms with Crippen LogP contribution in [0, 0.1) is 0 Å². The topological polar surface area (TPSA) is 32.3 Å². The zero-order valence-electron chi connectivity index (χ0n) is 14.0. The number of aliphatic hydroxyl groups is 1. The average Bonchev–Trinajstić information content (AvgIpc) is 2.51. The Morgan fingerprint density at radius 3 is 1.57 bits per heavy atom. The Morgan fingerprint density at radius 1 is 0.667 bits per heavy atom. The van der Waals surface area contributed by atoms with Gasteiger partial charge in [-0.15, -0.1) is 0 Å². The molecule has 0 amide bonds. The summed E-state index contributed by atoms with van der Waals surface area (Å²) >= 11 is 0. The fourth-order valence-corrected chi connectivity index (χ4v) is 4.32. The highest BCUT2D eigenvalue weighted by Gasteiger charge is 2.31. The van der Waals surface area contributed by atoms with Gasteiger partial charge in [-0.05, 0) is 25.7 Å². The van der Waals surface area contributed by atoms with Crippen molar-refractivity contribution in [3.63, 3.8) is 0 Å². The van der Waals surface area contributed by atoms with Crippen LogP contribution < -0.4 is 5.32 Å². The highest BCUT2D eigenvalue weighted by Crippen LogP contribution is 2.28. The molecule has 124 valence electrons. The lowest BCUT2D eigenvalue weighted by molar-refractivity contribution is 0.114. The van der Waals surface area contributed by atoms with Crippen LogP contribution in [0.5, 0.6) is 0 Å². The summed E-state index contributed by atoms with van der Waals surface area (Å²) in [6, 6.07) is 0.666. The van der Waals surface area contributed by atoms with Gasteiger partial charge in [0.15, 0.2) is 0 Å². The maximum atomic E-state index is 10.1. The van der Waals surface area contributed by atoms with Crippen LogP contribution in [0.2, 0.25) is 0 Å². The van der Waals surface area contributed by atoms with Crippen molar-refractivity contribution in [3.05, 3.63) is 0 Å². The largest absolute Gasteiger partial charge is 0.394 e. The molecule has 0 spiro atoms. The molecular weight excluding hydrogens is 258 g/mol. The molecule has 0 atom stereocenters. The zero-order chi connectivity index (χ0) is 14.8. The third kappa shape index (κ3) is 6.28. The first kappa shape index (κ1) is 17.3. The fraction of sp³-hybridized carbons (Fsp3) is 1.00. The van der Waals surface area contributed by atoms with Crippen molar-refractivity contribution in [1.82, 2.24) is 5.32 Å². The summed E-state index contributed by atoms with van der Waals surface area (Å²) in [5, 5.41) is 14.0. The van der Waals surface area contributed by atoms with Gasteiger partial charge in [-0.2, -0.15) is 0 Å². The summed E-state index contributed by atoms with van der Waals surface area (Å²) in [5.74, 6) is 0. The molecule has 0 heterocycles. The molecule has 2 saturated carbocycles. The summed E-state index contributed by atoms with van der Waals surface area (Å²) in [4.78, 5) is 0. The standard InChI is InChI=1S/C19H37NO/c21-17-19(20-18-13-9-8-10-14-18)15-11-6-4-2-1-3-5-7-12-16-19/h18,20-21H,1-17H2. The van der Waals surface area contributed by atoms with Crippen LogP contribution in [0.4, 0.5) is 0 Å². The minimum Gasteiger partial charge on any atom is -0.394 e. The summed E-state index contributed by atoms with van der Waals surface area (Å²) in [7, 11) is 0. The van der Waals surface area contributed by atoms with Crippen LogP contribution in [0.3, 0.4) is 0 Å². The van der Waals surface area contributed by atoms with Gasteiger partial charge in [0.2, 0.25) is 0 Å². The van der Waals surface area contributed by atoms with E-state index in [-0.39, 0.29) is 5.54 Å². The summed E-state index contributed by atoms with van der Waals surface area (Å²) < 4.78 is 0. The summed E-state index contributed by atoms with van der Waals surface area (Å²) in [6.45, 7) is 0.337. The second kappa shape index (κ2) is 9.84. The highest BCUT2D eigenvalue weighted by atomic mass is 16.3. The normalized spacial score (nSPS) is 26.7. The minimum atomic E-state index is 0.0290. The fourth-order valence-electron chi connectivity index (χ4n) is 4.32. The van der Waals surface area contributed by atoms with Crippen LogP contribution in [-0.2, 0) is 0 Å². The van der Waals surface area contributed by atoms with Gasteiger partial charge in [0.1, 0.15) is 0 Å². The van der Waals surface area contributed by atoms with Gasteiger partial charge in [-0.1, -0.05) is 77.0 Å². The molecule has 2 N–H and O–H groups in total. The predicted octanol–water partition coefficient (Wildman–Crippen LogP) is 4.94. The quantitative estimate of drug-likeness (QED) is 0.772. The van der Waals surface area contributed by atoms with Crippen LogP contribution >= 0.6 is 0 Å². The van der Waals surface area contributed by atoms with Crippen molar-refractivity contribution in [3.8, 4) is 0 Å². The molecule has 21 heavy (non-hydrogen) atoms. The van der Waals surface area contributed by atoms with Gasteiger partial charge < -0.3 is 10.4 Å². The first-order valence-corrected chi connectivity index (χ1v) is 9.73. The summed E-state index contributed by atoms with van der Waals surface area (Å²) in [5.41, 5.74) is 0.0290. The van der Waals surface area contributed by atoms with E-state index < -0.39 is 0 Å². The average molecular weight is 296 g/mol. The second-order valence-corrected chi connectivity index (χ2v) is 7.60. The Labute approximate surface area is 132 Å². The van der Waals surface area contributed by atoms with Gasteiger partial charge in [0, 0.05) is 11.6 Å². The Kier molecular flexibility index (Phi) is 8.10. The smallest absolute Gasteiger partial charge is 0.0613 e. The lowest BCUT2D eigenvalue weighted by atomic mass is 9.83. The van der Waals surface area contributed by atoms with Crippen molar-refractivity contribution < 1.29 is 5.11 Å². The monoisotopic (exact) mass is 295 g/mol. The number of rotatable bonds is 3. The molecular formula is C19H37NO. The van der Waals surface area contributed by atoms with Crippen molar-refractivity contribution in [2.45, 2.75) is 114 Å². The zero-order valence-corrected chi connectivity index (χ0v) is 14.0. The van der Waals surface area contributed by atoms with Crippen LogP contribution in [0.1, 0.15) is 103 Å². The van der Waals surface area contributed by atoms with Gasteiger partial charge in [0.05, 0.1) is 6.61 Å². The second-order valence-electron chi connectivity index (χ2n) is 7.60. The van der Waals surface area contributed by atoms with E-state index in [1.165, 1.54) is 103 Å². The number of hydrogen-bond acceptors (Lipinski definition) is 2. The number of nitrogens with one attached hydrogen (secondary N) is 1. The molecule has 0 aromatic rings. The van der Waals surface area contributed by atoms with Crippen LogP contribution in [-0.4, -0.2) is 23.3 Å². The van der Waals surface area contributed by atoms with Gasteiger partial charge in [-0.3, -0.25) is 0 Å². The lowest BCUT2D eigenvalue weighted by Crippen LogP contribution is -2.53. The first-order valence-electron chi connectivity index (χ1n) is 9.73. The molecule has 0 unspecified atom stereocenters. The van der Waals surface area contributed by atoms with E-state index in [0.717, 1.165) is 0 Å². The predicted molar refractivity (Wildman–Crippen MR) is 90.6 cm³/mol. The maximum Gasteiger partial charge on any atom is 0.0613 e. The minimum absolute atomic E-state index is 0.0290. The summed E-state index contributed by atoms with van der Waals surface area (Å²) in [6.07, 6.45) is 21.5. The molecule has 2 rings (SSSR count). The Morgan fingerprint density at radius 2 is 1.10 bits per heavy atom.